The molecule has 4 N–H and O–H groups in total. The van der Waals surface area contributed by atoms with Crippen molar-refractivity contribution in [1.29, 1.82) is 0 Å². The number of hydroxylamine groups is 1. The van der Waals surface area contributed by atoms with Crippen molar-refractivity contribution in [2.24, 2.45) is 0 Å². The van der Waals surface area contributed by atoms with Gasteiger partial charge in [-0.05, 0) is 42.7 Å². The number of allylic oxidation sites excluding steroid dienone is 1. The maximum Gasteiger partial charge on any atom is 0.414 e. The zero-order chi connectivity index (χ0) is 22.6. The Kier molecular flexibility index (Phi) is 9.21. The SMILES string of the molecule is CO[C@H](CC/C=C/C(=O)NO)[C@H](OC(=O)NC(=O)c1ccccc1)c1ccc(O)cc1. The van der Waals surface area contributed by atoms with Crippen LogP contribution in [-0.4, -0.2) is 41.4 Å². The minimum Gasteiger partial charge on any atom is -0.508 e. The highest BCUT2D eigenvalue weighted by atomic mass is 16.6. The summed E-state index contributed by atoms with van der Waals surface area (Å²) in [4.78, 5) is 35.7. The van der Waals surface area contributed by atoms with E-state index in [1.807, 2.05) is 0 Å². The highest BCUT2D eigenvalue weighted by molar-refractivity contribution is 6.02. The molecule has 2 atom stereocenters. The van der Waals surface area contributed by atoms with E-state index in [9.17, 15) is 19.5 Å². The molecule has 2 rings (SSSR count). The Hall–Kier alpha value is -3.69. The molecule has 0 saturated heterocycles. The van der Waals surface area contributed by atoms with Crippen LogP contribution in [0.1, 0.15) is 34.9 Å². The van der Waals surface area contributed by atoms with Gasteiger partial charge < -0.3 is 14.6 Å². The van der Waals surface area contributed by atoms with Crippen LogP contribution in [0.4, 0.5) is 4.79 Å². The second kappa shape index (κ2) is 12.1. The van der Waals surface area contributed by atoms with Gasteiger partial charge in [0.1, 0.15) is 5.75 Å². The second-order valence-corrected chi connectivity index (χ2v) is 6.47. The van der Waals surface area contributed by atoms with Gasteiger partial charge >= 0.3 is 6.09 Å². The van der Waals surface area contributed by atoms with Crippen molar-refractivity contribution in [2.75, 3.05) is 7.11 Å². The Morgan fingerprint density at radius 3 is 2.35 bits per heavy atom. The van der Waals surface area contributed by atoms with Gasteiger partial charge in [0.2, 0.25) is 0 Å². The predicted octanol–water partition coefficient (Wildman–Crippen LogP) is 2.86. The first-order chi connectivity index (χ1) is 14.9. The normalized spacial score (nSPS) is 12.7. The molecule has 0 aliphatic rings. The summed E-state index contributed by atoms with van der Waals surface area (Å²) in [6.45, 7) is 0. The van der Waals surface area contributed by atoms with Gasteiger partial charge in [-0.2, -0.15) is 0 Å². The van der Waals surface area contributed by atoms with Gasteiger partial charge in [-0.25, -0.2) is 10.3 Å². The van der Waals surface area contributed by atoms with Crippen LogP contribution in [0.5, 0.6) is 5.75 Å². The molecule has 0 aliphatic heterocycles. The van der Waals surface area contributed by atoms with Gasteiger partial charge in [0.05, 0.1) is 6.10 Å². The fourth-order valence-electron chi connectivity index (χ4n) is 2.80. The topological polar surface area (TPSA) is 134 Å². The molecule has 9 heteroatoms. The molecule has 0 spiro atoms. The fourth-order valence-corrected chi connectivity index (χ4v) is 2.80. The monoisotopic (exact) mass is 428 g/mol. The number of nitrogens with one attached hydrogen (secondary N) is 2. The number of phenols is 1. The molecule has 0 heterocycles. The van der Waals surface area contributed by atoms with Gasteiger partial charge in [0.25, 0.3) is 11.8 Å². The Labute approximate surface area is 179 Å². The molecule has 0 bridgehead atoms. The van der Waals surface area contributed by atoms with Crippen LogP contribution >= 0.6 is 0 Å². The highest BCUT2D eigenvalue weighted by Crippen LogP contribution is 2.28. The number of ether oxygens (including phenoxy) is 2. The van der Waals surface area contributed by atoms with Gasteiger partial charge in [0.15, 0.2) is 6.10 Å². The summed E-state index contributed by atoms with van der Waals surface area (Å²) < 4.78 is 11.0. The number of carbonyl (C=O) groups is 3. The molecule has 0 aliphatic carbocycles. The molecule has 0 radical (unpaired) electrons. The Morgan fingerprint density at radius 1 is 1.06 bits per heavy atom. The molecular weight excluding hydrogens is 404 g/mol. The number of aromatic hydroxyl groups is 1. The molecular formula is C22H24N2O7. The quantitative estimate of drug-likeness (QED) is 0.274. The molecule has 31 heavy (non-hydrogen) atoms. The number of methoxy groups -OCH3 is 1. The minimum atomic E-state index is -0.954. The summed E-state index contributed by atoms with van der Waals surface area (Å²) in [7, 11) is 1.44. The molecule has 0 aromatic heterocycles. The van der Waals surface area contributed by atoms with Crippen LogP contribution in [0.25, 0.3) is 0 Å². The lowest BCUT2D eigenvalue weighted by molar-refractivity contribution is -0.124. The lowest BCUT2D eigenvalue weighted by atomic mass is 10.00. The molecule has 3 amide bonds. The number of benzene rings is 2. The van der Waals surface area contributed by atoms with Crippen molar-refractivity contribution in [3.8, 4) is 5.75 Å². The lowest BCUT2D eigenvalue weighted by Gasteiger charge is -2.26. The van der Waals surface area contributed by atoms with Gasteiger partial charge in [-0.1, -0.05) is 36.4 Å². The fraction of sp³-hybridized carbons (Fsp3) is 0.227. The Balaban J connectivity index is 2.12. The van der Waals surface area contributed by atoms with Crippen LogP contribution in [0, 0.1) is 0 Å². The van der Waals surface area contributed by atoms with Gasteiger partial charge in [0, 0.05) is 18.7 Å². The van der Waals surface area contributed by atoms with Crippen LogP contribution in [0.15, 0.2) is 66.7 Å². The number of imide groups is 1. The summed E-state index contributed by atoms with van der Waals surface area (Å²) in [6, 6.07) is 14.3. The maximum absolute atomic E-state index is 12.4. The summed E-state index contributed by atoms with van der Waals surface area (Å²) in [5, 5.41) is 20.2. The van der Waals surface area contributed by atoms with E-state index in [2.05, 4.69) is 5.32 Å². The van der Waals surface area contributed by atoms with Crippen molar-refractivity contribution in [3.63, 3.8) is 0 Å². The first-order valence-electron chi connectivity index (χ1n) is 9.44. The molecule has 0 fully saturated rings. The van der Waals surface area contributed by atoms with Crippen LogP contribution < -0.4 is 10.8 Å². The van der Waals surface area contributed by atoms with E-state index in [-0.39, 0.29) is 5.75 Å². The Morgan fingerprint density at radius 2 is 1.74 bits per heavy atom. The number of alkyl carbamates (subject to hydrolysis) is 1. The first-order valence-corrected chi connectivity index (χ1v) is 9.44. The average Bonchev–Trinajstić information content (AvgIpc) is 2.79. The van der Waals surface area contributed by atoms with E-state index in [0.717, 1.165) is 6.08 Å². The number of hydrogen-bond acceptors (Lipinski definition) is 7. The standard InChI is InChI=1S/C22H24N2O7/c1-30-18(9-5-6-10-19(26)24-29)20(15-11-13-17(25)14-12-15)31-22(28)23-21(27)16-7-3-2-4-8-16/h2-4,6-8,10-14,18,20,25,29H,5,9H2,1H3,(H,24,26)(H,23,27,28)/b10-6+/t18-,20-/m1/s1. The van der Waals surface area contributed by atoms with Crippen molar-refractivity contribution in [3.05, 3.63) is 77.9 Å². The van der Waals surface area contributed by atoms with E-state index in [1.54, 1.807) is 42.5 Å². The predicted molar refractivity (Wildman–Crippen MR) is 110 cm³/mol. The highest BCUT2D eigenvalue weighted by Gasteiger charge is 2.27. The second-order valence-electron chi connectivity index (χ2n) is 6.47. The number of rotatable bonds is 9. The average molecular weight is 428 g/mol. The molecule has 164 valence electrons. The van der Waals surface area contributed by atoms with Gasteiger partial charge in [-0.15, -0.1) is 0 Å². The number of amides is 3. The number of phenolic OH excluding ortho intramolecular Hbond substituents is 1. The van der Waals surface area contributed by atoms with Crippen molar-refractivity contribution in [1.82, 2.24) is 10.8 Å². The van der Waals surface area contributed by atoms with E-state index >= 15 is 0 Å². The van der Waals surface area contributed by atoms with E-state index < -0.39 is 30.1 Å². The molecule has 0 unspecified atom stereocenters. The minimum absolute atomic E-state index is 0.0399. The molecule has 0 saturated carbocycles. The van der Waals surface area contributed by atoms with E-state index in [4.69, 9.17) is 14.7 Å². The molecule has 2 aromatic rings. The van der Waals surface area contributed by atoms with Crippen LogP contribution in [0.2, 0.25) is 0 Å². The van der Waals surface area contributed by atoms with Crippen molar-refractivity contribution >= 4 is 17.9 Å². The largest absolute Gasteiger partial charge is 0.508 e. The number of carbonyl (C=O) groups excluding carboxylic acids is 3. The van der Waals surface area contributed by atoms with Crippen LogP contribution in [0.3, 0.4) is 0 Å². The van der Waals surface area contributed by atoms with Crippen molar-refractivity contribution < 1.29 is 34.2 Å². The van der Waals surface area contributed by atoms with Crippen LogP contribution in [-0.2, 0) is 14.3 Å². The van der Waals surface area contributed by atoms with E-state index in [1.165, 1.54) is 30.8 Å². The van der Waals surface area contributed by atoms with Crippen molar-refractivity contribution in [2.45, 2.75) is 25.0 Å². The maximum atomic E-state index is 12.4. The molecule has 9 nitrogen and oxygen atoms in total. The zero-order valence-electron chi connectivity index (χ0n) is 16.9. The smallest absolute Gasteiger partial charge is 0.414 e. The number of hydrogen-bond donors (Lipinski definition) is 4. The Bertz CT molecular complexity index is 898. The third-order valence-corrected chi connectivity index (χ3v) is 4.34. The summed E-state index contributed by atoms with van der Waals surface area (Å²) >= 11 is 0. The summed E-state index contributed by atoms with van der Waals surface area (Å²) in [5.74, 6) is -1.24. The summed E-state index contributed by atoms with van der Waals surface area (Å²) in [6.07, 6.45) is 0.965. The third-order valence-electron chi connectivity index (χ3n) is 4.34. The summed E-state index contributed by atoms with van der Waals surface area (Å²) in [5.41, 5.74) is 2.34. The lowest BCUT2D eigenvalue weighted by Crippen LogP contribution is -2.35. The first kappa shape index (κ1) is 23.6. The molecule has 2 aromatic carbocycles. The third kappa shape index (κ3) is 7.57. The zero-order valence-corrected chi connectivity index (χ0v) is 16.9. The van der Waals surface area contributed by atoms with Gasteiger partial charge in [-0.3, -0.25) is 20.1 Å². The van der Waals surface area contributed by atoms with E-state index in [0.29, 0.717) is 24.0 Å².